The van der Waals surface area contributed by atoms with Crippen molar-refractivity contribution >= 4 is 23.3 Å². The van der Waals surface area contributed by atoms with Crippen LogP contribution in [0.4, 0.5) is 11.4 Å². The second-order valence-electron chi connectivity index (χ2n) is 10.1. The third kappa shape index (κ3) is 6.90. The number of nitrogens with zero attached hydrogens (tertiary/aromatic N) is 1. The molecule has 42 heavy (non-hydrogen) atoms. The predicted octanol–water partition coefficient (Wildman–Crippen LogP) is 1.82. The Morgan fingerprint density at radius 3 is 1.43 bits per heavy atom. The van der Waals surface area contributed by atoms with Crippen LogP contribution in [0.15, 0.2) is 48.5 Å². The summed E-state index contributed by atoms with van der Waals surface area (Å²) in [5.41, 5.74) is 6.32. The Hall–Kier alpha value is -3.98. The Morgan fingerprint density at radius 1 is 0.690 bits per heavy atom. The van der Waals surface area contributed by atoms with E-state index in [1.54, 1.807) is 24.3 Å². The van der Waals surface area contributed by atoms with Gasteiger partial charge in [-0.05, 0) is 36.4 Å². The van der Waals surface area contributed by atoms with Crippen LogP contribution in [-0.2, 0) is 38.0 Å². The lowest BCUT2D eigenvalue weighted by molar-refractivity contribution is -0.384. The highest BCUT2D eigenvalue weighted by Gasteiger charge is 2.51. The molecule has 0 amide bonds. The summed E-state index contributed by atoms with van der Waals surface area (Å²) in [6.07, 6.45) is -2.44. The van der Waals surface area contributed by atoms with Crippen molar-refractivity contribution in [3.63, 3.8) is 0 Å². The number of ether oxygens (including phenoxy) is 8. The van der Waals surface area contributed by atoms with Gasteiger partial charge in [0, 0.05) is 31.7 Å². The SMILES string of the molecule is CC(=O)O[C@H]1CO[C@@H]2C(Oc3ccc(N)cc3)CO[C@H]12.CC(=O)O[C@H]1CO[C@@H]2C(Oc3ccc([N+](=O)[O-])cc3)CO[C@H]12. The highest BCUT2D eigenvalue weighted by molar-refractivity contribution is 5.66. The third-order valence-electron chi connectivity index (χ3n) is 7.06. The number of nitro groups is 1. The van der Waals surface area contributed by atoms with Crippen LogP contribution in [0, 0.1) is 10.1 Å². The van der Waals surface area contributed by atoms with Crippen molar-refractivity contribution in [1.82, 2.24) is 0 Å². The molecular formula is C28H32N2O12. The number of hydrogen-bond acceptors (Lipinski definition) is 13. The Labute approximate surface area is 241 Å². The quantitative estimate of drug-likeness (QED) is 0.215. The summed E-state index contributed by atoms with van der Waals surface area (Å²) >= 11 is 0. The molecule has 14 nitrogen and oxygen atoms in total. The summed E-state index contributed by atoms with van der Waals surface area (Å²) < 4.78 is 44.4. The van der Waals surface area contributed by atoms with Crippen LogP contribution in [0.5, 0.6) is 11.5 Å². The van der Waals surface area contributed by atoms with Crippen molar-refractivity contribution in [3.05, 3.63) is 58.6 Å². The monoisotopic (exact) mass is 588 g/mol. The van der Waals surface area contributed by atoms with Crippen LogP contribution < -0.4 is 15.2 Å². The lowest BCUT2D eigenvalue weighted by Crippen LogP contribution is -2.36. The molecule has 6 rings (SSSR count). The van der Waals surface area contributed by atoms with Gasteiger partial charge in [-0.3, -0.25) is 19.7 Å². The number of hydrogen-bond donors (Lipinski definition) is 1. The minimum absolute atomic E-state index is 0.0000583. The lowest BCUT2D eigenvalue weighted by atomic mass is 10.1. The molecule has 0 aromatic heterocycles. The summed E-state index contributed by atoms with van der Waals surface area (Å²) in [6.45, 7) is 4.06. The van der Waals surface area contributed by atoms with E-state index in [-0.39, 0.29) is 67.0 Å². The maximum Gasteiger partial charge on any atom is 0.303 e. The van der Waals surface area contributed by atoms with E-state index in [1.165, 1.54) is 38.1 Å². The van der Waals surface area contributed by atoms with E-state index >= 15 is 0 Å². The normalized spacial score (nSPS) is 30.8. The number of nitrogen functional groups attached to an aromatic ring is 1. The zero-order chi connectivity index (χ0) is 29.8. The number of non-ortho nitro benzene ring substituents is 1. The second-order valence-corrected chi connectivity index (χ2v) is 10.1. The fraction of sp³-hybridized carbons (Fsp3) is 0.500. The molecule has 4 aliphatic heterocycles. The fourth-order valence-corrected chi connectivity index (χ4v) is 5.23. The van der Waals surface area contributed by atoms with Gasteiger partial charge in [-0.15, -0.1) is 0 Å². The van der Waals surface area contributed by atoms with Crippen molar-refractivity contribution in [3.8, 4) is 11.5 Å². The summed E-state index contributed by atoms with van der Waals surface area (Å²) in [5.74, 6) is 0.510. The first-order valence-corrected chi connectivity index (χ1v) is 13.4. The Bertz CT molecular complexity index is 1260. The van der Waals surface area contributed by atoms with Gasteiger partial charge in [0.1, 0.15) is 35.9 Å². The third-order valence-corrected chi connectivity index (χ3v) is 7.06. The highest BCUT2D eigenvalue weighted by atomic mass is 16.7. The van der Waals surface area contributed by atoms with Crippen LogP contribution in [-0.4, -0.2) is 92.1 Å². The van der Waals surface area contributed by atoms with Crippen molar-refractivity contribution in [2.24, 2.45) is 0 Å². The van der Waals surface area contributed by atoms with Crippen LogP contribution in [0.2, 0.25) is 0 Å². The second kappa shape index (κ2) is 12.9. The molecule has 4 heterocycles. The van der Waals surface area contributed by atoms with Crippen LogP contribution >= 0.6 is 0 Å². The number of carbonyl (C=O) groups is 2. The standard InChI is InChI=1S/C14H15NO7.C14H17NO5/c1-8(16)21-11-6-19-14-12(7-20-13(11)14)22-10-4-2-9(3-5-10)15(17)18;1-8(16)19-11-6-17-14-12(7-18-13(11)14)20-10-4-2-9(15)3-5-10/h2-5,11-14H,6-7H2,1H3;2-5,11-14H,6-7,15H2,1H3/t2*11-,12?,13+,14+/m00/s1. The topological polar surface area (TPSA) is 177 Å². The largest absolute Gasteiger partial charge is 0.485 e. The first-order valence-electron chi connectivity index (χ1n) is 13.4. The molecule has 2 aromatic rings. The Morgan fingerprint density at radius 2 is 1.05 bits per heavy atom. The summed E-state index contributed by atoms with van der Waals surface area (Å²) in [5, 5.41) is 10.6. The average molecular weight is 589 g/mol. The number of nitro benzene ring substituents is 1. The smallest absolute Gasteiger partial charge is 0.303 e. The molecule has 8 atom stereocenters. The van der Waals surface area contributed by atoms with Crippen molar-refractivity contribution in [2.75, 3.05) is 32.2 Å². The number of anilines is 1. The van der Waals surface area contributed by atoms with E-state index in [0.717, 1.165) is 0 Å². The van der Waals surface area contributed by atoms with Gasteiger partial charge in [-0.2, -0.15) is 0 Å². The number of carbonyl (C=O) groups excluding carboxylic acids is 2. The average Bonchev–Trinajstić information content (AvgIpc) is 3.72. The van der Waals surface area contributed by atoms with E-state index < -0.39 is 11.0 Å². The van der Waals surface area contributed by atoms with Gasteiger partial charge in [0.05, 0.1) is 31.4 Å². The molecule has 2 N–H and O–H groups in total. The number of fused-ring (bicyclic) bond motifs is 2. The van der Waals surface area contributed by atoms with Gasteiger partial charge in [-0.1, -0.05) is 0 Å². The molecule has 226 valence electrons. The van der Waals surface area contributed by atoms with Gasteiger partial charge in [0.2, 0.25) is 0 Å². The molecule has 0 bridgehead atoms. The summed E-state index contributed by atoms with van der Waals surface area (Å²) in [6, 6.07) is 13.0. The number of benzene rings is 2. The van der Waals surface area contributed by atoms with Crippen molar-refractivity contribution in [2.45, 2.75) is 62.7 Å². The number of esters is 2. The molecule has 4 aliphatic rings. The van der Waals surface area contributed by atoms with Gasteiger partial charge in [0.25, 0.3) is 5.69 Å². The van der Waals surface area contributed by atoms with E-state index in [0.29, 0.717) is 37.0 Å². The maximum atomic E-state index is 11.0. The molecule has 4 saturated heterocycles. The van der Waals surface area contributed by atoms with Gasteiger partial charge < -0.3 is 43.6 Å². The zero-order valence-corrected chi connectivity index (χ0v) is 23.0. The lowest BCUT2D eigenvalue weighted by Gasteiger charge is -2.18. The molecule has 2 unspecified atom stereocenters. The first-order chi connectivity index (χ1) is 20.2. The molecule has 14 heteroatoms. The van der Waals surface area contributed by atoms with E-state index in [1.807, 2.05) is 0 Å². The predicted molar refractivity (Wildman–Crippen MR) is 143 cm³/mol. The fourth-order valence-electron chi connectivity index (χ4n) is 5.23. The summed E-state index contributed by atoms with van der Waals surface area (Å²) in [4.78, 5) is 32.2. The molecule has 0 aliphatic carbocycles. The van der Waals surface area contributed by atoms with Crippen LogP contribution in [0.3, 0.4) is 0 Å². The van der Waals surface area contributed by atoms with E-state index in [9.17, 15) is 19.7 Å². The van der Waals surface area contributed by atoms with E-state index in [2.05, 4.69) is 0 Å². The van der Waals surface area contributed by atoms with Gasteiger partial charge in [0.15, 0.2) is 24.4 Å². The minimum atomic E-state index is -0.470. The van der Waals surface area contributed by atoms with Crippen LogP contribution in [0.1, 0.15) is 13.8 Å². The summed E-state index contributed by atoms with van der Waals surface area (Å²) in [7, 11) is 0. The first kappa shape index (κ1) is 29.5. The maximum absolute atomic E-state index is 11.0. The molecule has 4 fully saturated rings. The Balaban J connectivity index is 0.000000169. The van der Waals surface area contributed by atoms with E-state index in [4.69, 9.17) is 43.6 Å². The number of rotatable bonds is 7. The number of nitrogens with two attached hydrogens (primary N) is 1. The van der Waals surface area contributed by atoms with Crippen molar-refractivity contribution in [1.29, 1.82) is 0 Å². The molecule has 0 spiro atoms. The molecule has 2 aromatic carbocycles. The van der Waals surface area contributed by atoms with Crippen molar-refractivity contribution < 1.29 is 52.4 Å². The molecule has 0 radical (unpaired) electrons. The molecular weight excluding hydrogens is 556 g/mol. The minimum Gasteiger partial charge on any atom is -0.485 e. The highest BCUT2D eigenvalue weighted by Crippen LogP contribution is 2.33. The van der Waals surface area contributed by atoms with Gasteiger partial charge >= 0.3 is 11.9 Å². The Kier molecular flexibility index (Phi) is 9.06. The molecule has 0 saturated carbocycles. The van der Waals surface area contributed by atoms with Crippen LogP contribution in [0.25, 0.3) is 0 Å². The van der Waals surface area contributed by atoms with Gasteiger partial charge in [-0.25, -0.2) is 0 Å². The zero-order valence-electron chi connectivity index (χ0n) is 23.0.